The largest absolute Gasteiger partial charge is 0.451 e. The summed E-state index contributed by atoms with van der Waals surface area (Å²) >= 11 is 1.04. The molecule has 1 aromatic heterocycles. The number of aromatic nitrogens is 2. The number of halogens is 3. The molecule has 10 nitrogen and oxygen atoms in total. The maximum absolute atomic E-state index is 15.3. The molecule has 1 atom stereocenters. The smallest absolute Gasteiger partial charge is 0.410 e. The molecule has 4 aromatic rings. The maximum Gasteiger partial charge on any atom is 0.410 e. The van der Waals surface area contributed by atoms with Gasteiger partial charge in [-0.1, -0.05) is 0 Å². The predicted molar refractivity (Wildman–Crippen MR) is 176 cm³/mol. The SMILES string of the molecule is CC(C)(C)OC(=O)N1CCN(c2ccc(-n3cnc4ccc(Oc5c(F)ccc(NSN6CCC(F)C6)c5F)cc4c3=O)cc2)CC1. The molecule has 0 aliphatic carbocycles. The zero-order valence-electron chi connectivity index (χ0n) is 26.2. The summed E-state index contributed by atoms with van der Waals surface area (Å²) in [7, 11) is 0. The van der Waals surface area contributed by atoms with Gasteiger partial charge in [0.25, 0.3) is 5.56 Å². The first-order valence-corrected chi connectivity index (χ1v) is 16.0. The minimum absolute atomic E-state index is 0.0214. The van der Waals surface area contributed by atoms with Crippen LogP contribution in [0.15, 0.2) is 65.7 Å². The van der Waals surface area contributed by atoms with Crippen LogP contribution in [0.1, 0.15) is 27.2 Å². The molecule has 2 fully saturated rings. The molecule has 0 radical (unpaired) electrons. The van der Waals surface area contributed by atoms with E-state index in [1.807, 2.05) is 45.0 Å². The second kappa shape index (κ2) is 13.4. The standard InChI is InChI=1S/C33H35F3N6O4S/c1-33(2,3)46-32(44)40-16-14-39(15-17-40)22-4-6-23(7-5-22)42-20-37-27-10-8-24(18-25(27)31(42)43)45-30-26(35)9-11-28(29(30)36)38-47-41-13-12-21(34)19-41/h4-11,18,20-21,38H,12-17,19H2,1-3H3. The number of ether oxygens (including phenoxy) is 2. The summed E-state index contributed by atoms with van der Waals surface area (Å²) in [5.41, 5.74) is 0.959. The molecule has 14 heteroatoms. The quantitative estimate of drug-likeness (QED) is 0.221. The molecule has 0 spiro atoms. The summed E-state index contributed by atoms with van der Waals surface area (Å²) in [5, 5.41) is 0.202. The maximum atomic E-state index is 15.3. The van der Waals surface area contributed by atoms with Crippen molar-refractivity contribution in [3.8, 4) is 17.2 Å². The van der Waals surface area contributed by atoms with Crippen LogP contribution < -0.4 is 19.9 Å². The first-order chi connectivity index (χ1) is 22.4. The number of alkyl halides is 1. The molecule has 2 aliphatic rings. The topological polar surface area (TPSA) is 92.2 Å². The third-order valence-electron chi connectivity index (χ3n) is 7.80. The molecule has 3 aromatic carbocycles. The Kier molecular flexibility index (Phi) is 9.24. The van der Waals surface area contributed by atoms with Gasteiger partial charge in [0.15, 0.2) is 11.6 Å². The third-order valence-corrected chi connectivity index (χ3v) is 8.70. The molecule has 0 bridgehead atoms. The van der Waals surface area contributed by atoms with Gasteiger partial charge in [-0.15, -0.1) is 0 Å². The molecule has 47 heavy (non-hydrogen) atoms. The molecule has 1 N–H and O–H groups in total. The monoisotopic (exact) mass is 668 g/mol. The number of rotatable bonds is 7. The fourth-order valence-electron chi connectivity index (χ4n) is 5.35. The highest BCUT2D eigenvalue weighted by atomic mass is 32.2. The fourth-order valence-corrected chi connectivity index (χ4v) is 6.17. The van der Waals surface area contributed by atoms with Crippen LogP contribution in [0.5, 0.6) is 11.5 Å². The van der Waals surface area contributed by atoms with Gasteiger partial charge in [-0.05, 0) is 81.8 Å². The van der Waals surface area contributed by atoms with Crippen molar-refractivity contribution >= 4 is 40.5 Å². The van der Waals surface area contributed by atoms with E-state index in [2.05, 4.69) is 14.6 Å². The van der Waals surface area contributed by atoms with Crippen LogP contribution >= 0.6 is 12.1 Å². The van der Waals surface area contributed by atoms with E-state index in [4.69, 9.17) is 9.47 Å². The number of piperazine rings is 1. The summed E-state index contributed by atoms with van der Waals surface area (Å²) in [5.74, 6) is -2.45. The Hall–Kier alpha value is -4.43. The minimum atomic E-state index is -0.955. The lowest BCUT2D eigenvalue weighted by Crippen LogP contribution is -2.50. The van der Waals surface area contributed by atoms with Crippen molar-refractivity contribution in [3.63, 3.8) is 0 Å². The Morgan fingerprint density at radius 3 is 2.38 bits per heavy atom. The van der Waals surface area contributed by atoms with Crippen molar-refractivity contribution in [2.45, 2.75) is 39.0 Å². The van der Waals surface area contributed by atoms with E-state index in [1.54, 1.807) is 15.3 Å². The van der Waals surface area contributed by atoms with Crippen LogP contribution in [0.2, 0.25) is 0 Å². The molecule has 2 saturated heterocycles. The van der Waals surface area contributed by atoms with Crippen molar-refractivity contribution in [2.75, 3.05) is 48.9 Å². The third kappa shape index (κ3) is 7.43. The molecule has 6 rings (SSSR count). The molecular formula is C33H35F3N6O4S. The number of benzene rings is 3. The summed E-state index contributed by atoms with van der Waals surface area (Å²) < 4.78 is 60.5. The van der Waals surface area contributed by atoms with Gasteiger partial charge in [-0.2, -0.15) is 0 Å². The molecule has 0 saturated carbocycles. The van der Waals surface area contributed by atoms with Crippen molar-refractivity contribution in [1.29, 1.82) is 0 Å². The number of hydrogen-bond donors (Lipinski definition) is 1. The van der Waals surface area contributed by atoms with Gasteiger partial charge in [0.1, 0.15) is 23.8 Å². The average Bonchev–Trinajstić information content (AvgIpc) is 3.47. The first kappa shape index (κ1) is 32.5. The highest BCUT2D eigenvalue weighted by molar-refractivity contribution is 7.98. The normalized spacial score (nSPS) is 17.3. The van der Waals surface area contributed by atoms with E-state index in [1.165, 1.54) is 29.1 Å². The van der Waals surface area contributed by atoms with Crippen LogP contribution in [-0.2, 0) is 4.74 Å². The molecular weight excluding hydrogens is 633 g/mol. The number of carbonyl (C=O) groups excluding carboxylic acids is 1. The van der Waals surface area contributed by atoms with E-state index in [9.17, 15) is 18.4 Å². The van der Waals surface area contributed by atoms with E-state index < -0.39 is 29.2 Å². The van der Waals surface area contributed by atoms with Crippen LogP contribution in [0.25, 0.3) is 16.6 Å². The highest BCUT2D eigenvalue weighted by Gasteiger charge is 2.26. The second-order valence-electron chi connectivity index (χ2n) is 12.4. The Labute approximate surface area is 274 Å². The summed E-state index contributed by atoms with van der Waals surface area (Å²) in [6.07, 6.45) is 0.565. The fraction of sp³-hybridized carbons (Fsp3) is 0.364. The highest BCUT2D eigenvalue weighted by Crippen LogP contribution is 2.34. The Morgan fingerprint density at radius 1 is 0.979 bits per heavy atom. The first-order valence-electron chi connectivity index (χ1n) is 15.3. The van der Waals surface area contributed by atoms with E-state index in [0.717, 1.165) is 23.9 Å². The van der Waals surface area contributed by atoms with Crippen molar-refractivity contribution < 1.29 is 27.4 Å². The van der Waals surface area contributed by atoms with Gasteiger partial charge >= 0.3 is 6.09 Å². The Morgan fingerprint density at radius 2 is 1.70 bits per heavy atom. The molecule has 248 valence electrons. The Balaban J connectivity index is 1.16. The molecule has 3 heterocycles. The van der Waals surface area contributed by atoms with Crippen LogP contribution in [0, 0.1) is 11.6 Å². The van der Waals surface area contributed by atoms with Gasteiger partial charge in [0.05, 0.1) is 22.3 Å². The van der Waals surface area contributed by atoms with Crippen molar-refractivity contribution in [2.24, 2.45) is 0 Å². The number of carbonyl (C=O) groups is 1. The van der Waals surface area contributed by atoms with E-state index >= 15 is 4.39 Å². The second-order valence-corrected chi connectivity index (χ2v) is 13.3. The number of nitrogens with zero attached hydrogens (tertiary/aromatic N) is 5. The summed E-state index contributed by atoms with van der Waals surface area (Å²) in [6.45, 7) is 8.57. The van der Waals surface area contributed by atoms with Gasteiger partial charge in [-0.3, -0.25) is 9.36 Å². The molecule has 1 unspecified atom stereocenters. The zero-order valence-corrected chi connectivity index (χ0v) is 27.0. The molecule has 2 aliphatic heterocycles. The summed E-state index contributed by atoms with van der Waals surface area (Å²) in [4.78, 5) is 34.2. The number of amides is 1. The predicted octanol–water partition coefficient (Wildman–Crippen LogP) is 6.53. The van der Waals surface area contributed by atoms with Gasteiger partial charge < -0.3 is 24.0 Å². The zero-order chi connectivity index (χ0) is 33.3. The Bertz CT molecular complexity index is 1830. The minimum Gasteiger partial charge on any atom is -0.451 e. The van der Waals surface area contributed by atoms with Crippen LogP contribution in [0.4, 0.5) is 29.3 Å². The number of anilines is 2. The van der Waals surface area contributed by atoms with Crippen molar-refractivity contribution in [3.05, 3.63) is 82.9 Å². The average molecular weight is 669 g/mol. The number of fused-ring (bicyclic) bond motifs is 1. The van der Waals surface area contributed by atoms with Crippen molar-refractivity contribution in [1.82, 2.24) is 18.8 Å². The number of hydrogen-bond acceptors (Lipinski definition) is 9. The lowest BCUT2D eigenvalue weighted by Gasteiger charge is -2.36. The van der Waals surface area contributed by atoms with Gasteiger partial charge in [0, 0.05) is 57.1 Å². The molecule has 1 amide bonds. The van der Waals surface area contributed by atoms with E-state index in [0.29, 0.717) is 50.3 Å². The lowest BCUT2D eigenvalue weighted by atomic mass is 10.2. The lowest BCUT2D eigenvalue weighted by molar-refractivity contribution is 0.0240. The number of nitrogens with one attached hydrogen (secondary N) is 1. The van der Waals surface area contributed by atoms with Gasteiger partial charge in [0.2, 0.25) is 5.75 Å². The van der Waals surface area contributed by atoms with Gasteiger partial charge in [-0.25, -0.2) is 27.3 Å². The van der Waals surface area contributed by atoms with Crippen LogP contribution in [0.3, 0.4) is 0 Å². The van der Waals surface area contributed by atoms with E-state index in [-0.39, 0.29) is 35.0 Å². The van der Waals surface area contributed by atoms with Crippen LogP contribution in [-0.4, -0.2) is 75.9 Å². The summed E-state index contributed by atoms with van der Waals surface area (Å²) in [6, 6.07) is 14.2.